The third-order valence-corrected chi connectivity index (χ3v) is 2.03. The number of ether oxygens (including phenoxy) is 1. The van der Waals surface area contributed by atoms with Gasteiger partial charge in [-0.25, -0.2) is 4.58 Å². The summed E-state index contributed by atoms with van der Waals surface area (Å²) in [6.45, 7) is 5.39. The smallest absolute Gasteiger partial charge is 0.178 e. The molecule has 0 aromatic heterocycles. The highest BCUT2D eigenvalue weighted by Crippen LogP contribution is 2.03. The van der Waals surface area contributed by atoms with Crippen molar-refractivity contribution < 1.29 is 9.31 Å². The van der Waals surface area contributed by atoms with Gasteiger partial charge in [0.1, 0.15) is 19.7 Å². The Morgan fingerprint density at radius 2 is 2.40 bits per heavy atom. The SMILES string of the molecule is CC[N+]1=C(COC)CCC1. The maximum atomic E-state index is 5.08. The van der Waals surface area contributed by atoms with Crippen molar-refractivity contribution in [3.63, 3.8) is 0 Å². The first kappa shape index (κ1) is 7.73. The van der Waals surface area contributed by atoms with Crippen LogP contribution >= 0.6 is 0 Å². The molecule has 0 saturated heterocycles. The zero-order chi connectivity index (χ0) is 7.40. The summed E-state index contributed by atoms with van der Waals surface area (Å²) in [5.74, 6) is 0. The molecule has 0 unspecified atom stereocenters. The van der Waals surface area contributed by atoms with Crippen LogP contribution < -0.4 is 0 Å². The summed E-state index contributed by atoms with van der Waals surface area (Å²) in [6, 6.07) is 0. The van der Waals surface area contributed by atoms with Crippen LogP contribution in [0.1, 0.15) is 19.8 Å². The molecule has 1 aliphatic rings. The molecule has 0 radical (unpaired) electrons. The van der Waals surface area contributed by atoms with Crippen molar-refractivity contribution in [2.75, 3.05) is 26.8 Å². The van der Waals surface area contributed by atoms with Crippen molar-refractivity contribution in [1.29, 1.82) is 0 Å². The van der Waals surface area contributed by atoms with E-state index in [2.05, 4.69) is 11.5 Å². The Hall–Kier alpha value is -0.370. The number of hydrogen-bond acceptors (Lipinski definition) is 1. The van der Waals surface area contributed by atoms with Crippen LogP contribution in [-0.4, -0.2) is 37.1 Å². The molecule has 0 saturated carbocycles. The van der Waals surface area contributed by atoms with Crippen LogP contribution in [0.2, 0.25) is 0 Å². The van der Waals surface area contributed by atoms with Crippen LogP contribution in [0, 0.1) is 0 Å². The van der Waals surface area contributed by atoms with Gasteiger partial charge in [0.05, 0.1) is 0 Å². The Balaban J connectivity index is 2.50. The molecule has 0 aromatic rings. The van der Waals surface area contributed by atoms with Gasteiger partial charge in [-0.3, -0.25) is 0 Å². The standard InChI is InChI=1S/C8H16NO/c1-3-9-6-4-5-8(9)7-10-2/h3-7H2,1-2H3/q+1. The van der Waals surface area contributed by atoms with E-state index in [1.807, 2.05) is 0 Å². The number of methoxy groups -OCH3 is 1. The van der Waals surface area contributed by atoms with Gasteiger partial charge in [-0.1, -0.05) is 0 Å². The van der Waals surface area contributed by atoms with Gasteiger partial charge in [-0.15, -0.1) is 0 Å². The fourth-order valence-corrected chi connectivity index (χ4v) is 1.50. The molecular formula is C8H16NO+. The normalized spacial score (nSPS) is 18.6. The van der Waals surface area contributed by atoms with E-state index in [1.165, 1.54) is 25.1 Å². The summed E-state index contributed by atoms with van der Waals surface area (Å²) in [6.07, 6.45) is 2.55. The van der Waals surface area contributed by atoms with Gasteiger partial charge in [0.25, 0.3) is 0 Å². The van der Waals surface area contributed by atoms with Crippen molar-refractivity contribution in [3.8, 4) is 0 Å². The van der Waals surface area contributed by atoms with Gasteiger partial charge in [0.2, 0.25) is 0 Å². The van der Waals surface area contributed by atoms with Crippen molar-refractivity contribution in [1.82, 2.24) is 0 Å². The van der Waals surface area contributed by atoms with Gasteiger partial charge in [0.15, 0.2) is 5.71 Å². The lowest BCUT2D eigenvalue weighted by Crippen LogP contribution is -2.18. The van der Waals surface area contributed by atoms with E-state index in [1.54, 1.807) is 7.11 Å². The van der Waals surface area contributed by atoms with Crippen LogP contribution in [0.5, 0.6) is 0 Å². The largest absolute Gasteiger partial charge is 0.374 e. The molecule has 0 N–H and O–H groups in total. The summed E-state index contributed by atoms with van der Waals surface area (Å²) in [5.41, 5.74) is 1.48. The van der Waals surface area contributed by atoms with Gasteiger partial charge in [-0.2, -0.15) is 0 Å². The Bertz CT molecular complexity index is 140. The topological polar surface area (TPSA) is 12.2 Å². The van der Waals surface area contributed by atoms with Gasteiger partial charge < -0.3 is 4.74 Å². The monoisotopic (exact) mass is 142 g/mol. The summed E-state index contributed by atoms with van der Waals surface area (Å²) >= 11 is 0. The molecule has 0 fully saturated rings. The zero-order valence-electron chi connectivity index (χ0n) is 6.89. The van der Waals surface area contributed by atoms with Crippen molar-refractivity contribution >= 4 is 5.71 Å². The number of nitrogens with zero attached hydrogens (tertiary/aromatic N) is 1. The quantitative estimate of drug-likeness (QED) is 0.533. The molecule has 0 spiro atoms. The lowest BCUT2D eigenvalue weighted by atomic mass is 10.3. The van der Waals surface area contributed by atoms with Crippen molar-refractivity contribution in [2.24, 2.45) is 0 Å². The van der Waals surface area contributed by atoms with E-state index in [4.69, 9.17) is 4.74 Å². The lowest BCUT2D eigenvalue weighted by Gasteiger charge is -1.97. The number of rotatable bonds is 3. The van der Waals surface area contributed by atoms with Gasteiger partial charge in [-0.05, 0) is 6.92 Å². The Kier molecular flexibility index (Phi) is 2.87. The second-order valence-electron chi connectivity index (χ2n) is 2.68. The molecule has 1 aliphatic heterocycles. The van der Waals surface area contributed by atoms with Crippen LogP contribution in [0.3, 0.4) is 0 Å². The Morgan fingerprint density at radius 3 is 3.00 bits per heavy atom. The maximum absolute atomic E-state index is 5.08. The first-order valence-corrected chi connectivity index (χ1v) is 3.97. The van der Waals surface area contributed by atoms with E-state index < -0.39 is 0 Å². The van der Waals surface area contributed by atoms with E-state index in [0.29, 0.717) is 0 Å². The molecule has 2 nitrogen and oxygen atoms in total. The van der Waals surface area contributed by atoms with E-state index in [0.717, 1.165) is 13.2 Å². The molecule has 10 heavy (non-hydrogen) atoms. The molecule has 0 amide bonds. The highest BCUT2D eigenvalue weighted by atomic mass is 16.5. The first-order valence-electron chi connectivity index (χ1n) is 3.97. The lowest BCUT2D eigenvalue weighted by molar-refractivity contribution is -0.517. The highest BCUT2D eigenvalue weighted by Gasteiger charge is 2.19. The average molecular weight is 142 g/mol. The van der Waals surface area contributed by atoms with Crippen LogP contribution in [0.15, 0.2) is 0 Å². The van der Waals surface area contributed by atoms with E-state index >= 15 is 0 Å². The average Bonchev–Trinajstić information content (AvgIpc) is 2.36. The van der Waals surface area contributed by atoms with E-state index in [-0.39, 0.29) is 0 Å². The van der Waals surface area contributed by atoms with Crippen molar-refractivity contribution in [3.05, 3.63) is 0 Å². The molecule has 0 aliphatic carbocycles. The number of hydrogen-bond donors (Lipinski definition) is 0. The molecule has 0 aromatic carbocycles. The predicted octanol–water partition coefficient (Wildman–Crippen LogP) is 0.900. The Morgan fingerprint density at radius 1 is 1.60 bits per heavy atom. The minimum absolute atomic E-state index is 0.827. The summed E-state index contributed by atoms with van der Waals surface area (Å²) < 4.78 is 7.49. The third kappa shape index (κ3) is 1.57. The molecule has 58 valence electrons. The van der Waals surface area contributed by atoms with Crippen LogP contribution in [-0.2, 0) is 4.74 Å². The van der Waals surface area contributed by atoms with Gasteiger partial charge >= 0.3 is 0 Å². The van der Waals surface area contributed by atoms with Crippen LogP contribution in [0.25, 0.3) is 0 Å². The van der Waals surface area contributed by atoms with E-state index in [9.17, 15) is 0 Å². The predicted molar refractivity (Wildman–Crippen MR) is 41.8 cm³/mol. The molecule has 1 rings (SSSR count). The van der Waals surface area contributed by atoms with Crippen LogP contribution in [0.4, 0.5) is 0 Å². The fourth-order valence-electron chi connectivity index (χ4n) is 1.50. The molecule has 0 bridgehead atoms. The molecule has 2 heteroatoms. The summed E-state index contributed by atoms with van der Waals surface area (Å²) in [7, 11) is 1.76. The molecule has 0 atom stereocenters. The molecular weight excluding hydrogens is 126 g/mol. The second-order valence-corrected chi connectivity index (χ2v) is 2.68. The summed E-state index contributed by atoms with van der Waals surface area (Å²) in [5, 5.41) is 0. The first-order chi connectivity index (χ1) is 4.88. The Labute approximate surface area is 62.5 Å². The second kappa shape index (κ2) is 3.71. The van der Waals surface area contributed by atoms with Gasteiger partial charge in [0, 0.05) is 20.0 Å². The minimum Gasteiger partial charge on any atom is -0.374 e. The zero-order valence-corrected chi connectivity index (χ0v) is 6.89. The van der Waals surface area contributed by atoms with Crippen molar-refractivity contribution in [2.45, 2.75) is 19.8 Å². The summed E-state index contributed by atoms with van der Waals surface area (Å²) in [4.78, 5) is 0. The highest BCUT2D eigenvalue weighted by molar-refractivity contribution is 5.81. The molecule has 1 heterocycles. The maximum Gasteiger partial charge on any atom is 0.178 e. The third-order valence-electron chi connectivity index (χ3n) is 2.03. The fraction of sp³-hybridized carbons (Fsp3) is 0.875. The minimum atomic E-state index is 0.827.